The van der Waals surface area contributed by atoms with Crippen molar-refractivity contribution >= 4 is 33.1 Å². The predicted octanol–water partition coefficient (Wildman–Crippen LogP) is 3.50. The van der Waals surface area contributed by atoms with Crippen LogP contribution in [0.3, 0.4) is 0 Å². The molecule has 1 atom stereocenters. The number of ketones is 1. The lowest BCUT2D eigenvalue weighted by Gasteiger charge is -2.23. The molecule has 2 N–H and O–H groups in total. The average Bonchev–Trinajstić information content (AvgIpc) is 2.89. The van der Waals surface area contributed by atoms with E-state index in [0.717, 1.165) is 34.9 Å². The quantitative estimate of drug-likeness (QED) is 0.274. The lowest BCUT2D eigenvalue weighted by molar-refractivity contribution is -0.385. The van der Waals surface area contributed by atoms with Crippen molar-refractivity contribution in [2.24, 2.45) is 5.92 Å². The number of alkyl halides is 3. The smallest absolute Gasteiger partial charge is 0.344 e. The van der Waals surface area contributed by atoms with Crippen LogP contribution in [0, 0.1) is 16.0 Å². The summed E-state index contributed by atoms with van der Waals surface area (Å²) < 4.78 is 67.8. The Kier molecular flexibility index (Phi) is 8.77. The Morgan fingerprint density at radius 3 is 2.25 bits per heavy atom. The van der Waals surface area contributed by atoms with Crippen molar-refractivity contribution in [3.8, 4) is 11.3 Å². The van der Waals surface area contributed by atoms with E-state index in [-0.39, 0.29) is 5.69 Å². The second kappa shape index (κ2) is 11.7. The summed E-state index contributed by atoms with van der Waals surface area (Å²) in [4.78, 5) is 47.8. The van der Waals surface area contributed by atoms with Gasteiger partial charge in [0.05, 0.1) is 21.6 Å². The number of Topliss-reactive ketones (excluding diaryl/α,β-unsaturated/α-hetero) is 1. The minimum absolute atomic E-state index is 0.127. The number of carbonyl (C=O) groups excluding carboxylic acids is 2. The summed E-state index contributed by atoms with van der Waals surface area (Å²) >= 11 is 0. The van der Waals surface area contributed by atoms with Gasteiger partial charge < -0.3 is 5.32 Å². The highest BCUT2D eigenvalue weighted by molar-refractivity contribution is 7.92. The molecule has 0 fully saturated rings. The second-order valence-electron chi connectivity index (χ2n) is 8.90. The summed E-state index contributed by atoms with van der Waals surface area (Å²) in [6, 6.07) is 12.7. The maximum absolute atomic E-state index is 13.4. The van der Waals surface area contributed by atoms with E-state index in [4.69, 9.17) is 0 Å². The molecule has 11 nitrogen and oxygen atoms in total. The van der Waals surface area contributed by atoms with Crippen molar-refractivity contribution in [2.45, 2.75) is 37.5 Å². The summed E-state index contributed by atoms with van der Waals surface area (Å²) in [5.74, 6) is -4.20. The van der Waals surface area contributed by atoms with Gasteiger partial charge in [0.15, 0.2) is 0 Å². The van der Waals surface area contributed by atoms with Gasteiger partial charge >= 0.3 is 6.18 Å². The van der Waals surface area contributed by atoms with Crippen LogP contribution in [-0.2, 0) is 26.2 Å². The van der Waals surface area contributed by atoms with Gasteiger partial charge in [-0.3, -0.25) is 33.8 Å². The van der Waals surface area contributed by atoms with Gasteiger partial charge in [-0.2, -0.15) is 13.2 Å². The van der Waals surface area contributed by atoms with Crippen molar-refractivity contribution < 1.29 is 36.1 Å². The highest BCUT2D eigenvalue weighted by Crippen LogP contribution is 2.23. The minimum atomic E-state index is -5.21. The van der Waals surface area contributed by atoms with Crippen LogP contribution >= 0.6 is 0 Å². The van der Waals surface area contributed by atoms with E-state index in [2.05, 4.69) is 0 Å². The third-order valence-corrected chi connectivity index (χ3v) is 7.04. The normalized spacial score (nSPS) is 12.6. The highest BCUT2D eigenvalue weighted by Gasteiger charge is 2.45. The largest absolute Gasteiger partial charge is 0.452 e. The van der Waals surface area contributed by atoms with E-state index in [1.54, 1.807) is 30.3 Å². The fourth-order valence-electron chi connectivity index (χ4n) is 3.72. The summed E-state index contributed by atoms with van der Waals surface area (Å²) in [6.45, 7) is 1.75. The number of hydrogen-bond acceptors (Lipinski definition) is 7. The van der Waals surface area contributed by atoms with Gasteiger partial charge in [0, 0.05) is 12.1 Å². The molecule has 1 heterocycles. The molecule has 0 saturated heterocycles. The van der Waals surface area contributed by atoms with E-state index >= 15 is 0 Å². The van der Waals surface area contributed by atoms with Crippen LogP contribution in [0.25, 0.3) is 11.3 Å². The number of non-ortho nitro benzene ring substituents is 1. The summed E-state index contributed by atoms with van der Waals surface area (Å²) in [5.41, 5.74) is -1.53. The number of nitrogens with one attached hydrogen (secondary N) is 2. The molecular formula is C25H23F3N4O7S. The van der Waals surface area contributed by atoms with Crippen LogP contribution in [0.15, 0.2) is 76.4 Å². The number of nitrogens with zero attached hydrogens (tertiary/aromatic N) is 2. The molecule has 1 amide bonds. The Bertz CT molecular complexity index is 1600. The van der Waals surface area contributed by atoms with Crippen LogP contribution in [0.5, 0.6) is 0 Å². The van der Waals surface area contributed by atoms with E-state index < -0.39 is 73.1 Å². The van der Waals surface area contributed by atoms with E-state index in [9.17, 15) is 46.1 Å². The molecule has 212 valence electrons. The standard InChI is InChI=1S/C25H23F3N4O7S/c1-15(2)22(23(34)25(26,27)28)29-21(33)14-31-20(16-7-4-3-5-8-16)12-11-19(24(31)35)30-40(38,39)18-10-6-9-17(13-18)32(36)37/h3-13,15,22,30H,14H2,1-2H3,(H,29,33). The van der Waals surface area contributed by atoms with Crippen molar-refractivity contribution in [3.63, 3.8) is 0 Å². The SMILES string of the molecule is CC(C)C(NC(=O)Cn1c(-c2ccccc2)ccc(NS(=O)(=O)c2cccc([N+](=O)[O-])c2)c1=O)C(=O)C(F)(F)F. The fourth-order valence-corrected chi connectivity index (χ4v) is 4.81. The van der Waals surface area contributed by atoms with Crippen LogP contribution < -0.4 is 15.6 Å². The molecule has 2 aromatic carbocycles. The average molecular weight is 581 g/mol. The first-order valence-corrected chi connectivity index (χ1v) is 13.1. The Morgan fingerprint density at radius 1 is 1.02 bits per heavy atom. The number of nitro groups is 1. The van der Waals surface area contributed by atoms with Crippen molar-refractivity contribution in [1.82, 2.24) is 9.88 Å². The zero-order valence-corrected chi connectivity index (χ0v) is 21.8. The first-order valence-electron chi connectivity index (χ1n) is 11.6. The number of amides is 1. The number of rotatable bonds is 10. The van der Waals surface area contributed by atoms with Gasteiger partial charge in [0.25, 0.3) is 27.1 Å². The zero-order valence-electron chi connectivity index (χ0n) is 21.0. The number of carbonyl (C=O) groups is 2. The van der Waals surface area contributed by atoms with E-state index in [1.165, 1.54) is 19.9 Å². The number of sulfonamides is 1. The summed E-state index contributed by atoms with van der Waals surface area (Å²) in [7, 11) is -4.51. The number of nitro benzene ring substituents is 1. The molecular weight excluding hydrogens is 557 g/mol. The molecule has 3 rings (SSSR count). The minimum Gasteiger partial charge on any atom is -0.344 e. The third kappa shape index (κ3) is 6.91. The molecule has 0 radical (unpaired) electrons. The summed E-state index contributed by atoms with van der Waals surface area (Å²) in [5, 5.41) is 13.1. The molecule has 1 unspecified atom stereocenters. The van der Waals surface area contributed by atoms with Gasteiger partial charge in [-0.15, -0.1) is 0 Å². The highest BCUT2D eigenvalue weighted by atomic mass is 32.2. The van der Waals surface area contributed by atoms with Gasteiger partial charge in [-0.25, -0.2) is 8.42 Å². The maximum atomic E-state index is 13.4. The Morgan fingerprint density at radius 2 is 1.68 bits per heavy atom. The van der Waals surface area contributed by atoms with E-state index in [1.807, 2.05) is 10.0 Å². The number of halogens is 3. The predicted molar refractivity (Wildman–Crippen MR) is 138 cm³/mol. The monoisotopic (exact) mass is 580 g/mol. The molecule has 0 saturated carbocycles. The fraction of sp³-hybridized carbons (Fsp3) is 0.240. The number of aromatic nitrogens is 1. The molecule has 0 aliphatic rings. The summed E-state index contributed by atoms with van der Waals surface area (Å²) in [6.07, 6.45) is -5.21. The van der Waals surface area contributed by atoms with E-state index in [0.29, 0.717) is 5.56 Å². The molecule has 0 aliphatic heterocycles. The molecule has 40 heavy (non-hydrogen) atoms. The Hall–Kier alpha value is -4.53. The Balaban J connectivity index is 2.03. The van der Waals surface area contributed by atoms with Gasteiger partial charge in [0.1, 0.15) is 12.2 Å². The Labute approximate surface area is 225 Å². The van der Waals surface area contributed by atoms with Gasteiger partial charge in [-0.05, 0) is 29.7 Å². The maximum Gasteiger partial charge on any atom is 0.452 e. The number of pyridine rings is 1. The lowest BCUT2D eigenvalue weighted by Crippen LogP contribution is -2.50. The topological polar surface area (TPSA) is 157 Å². The van der Waals surface area contributed by atoms with Crippen molar-refractivity contribution in [1.29, 1.82) is 0 Å². The third-order valence-electron chi connectivity index (χ3n) is 5.67. The second-order valence-corrected chi connectivity index (χ2v) is 10.6. The van der Waals surface area contributed by atoms with Gasteiger partial charge in [-0.1, -0.05) is 50.2 Å². The first-order chi connectivity index (χ1) is 18.6. The molecule has 1 aromatic heterocycles. The molecule has 0 bridgehead atoms. The van der Waals surface area contributed by atoms with Crippen LogP contribution in [0.4, 0.5) is 24.5 Å². The first kappa shape index (κ1) is 30.0. The number of hydrogen-bond donors (Lipinski definition) is 2. The number of anilines is 1. The van der Waals surface area contributed by atoms with Crippen LogP contribution in [-0.4, -0.2) is 41.8 Å². The van der Waals surface area contributed by atoms with Crippen LogP contribution in [0.2, 0.25) is 0 Å². The van der Waals surface area contributed by atoms with Crippen molar-refractivity contribution in [3.05, 3.63) is 87.2 Å². The molecule has 0 aliphatic carbocycles. The molecule has 15 heteroatoms. The molecule has 0 spiro atoms. The lowest BCUT2D eigenvalue weighted by atomic mass is 9.99. The zero-order chi connectivity index (χ0) is 29.8. The number of benzene rings is 2. The molecule has 3 aromatic rings. The van der Waals surface area contributed by atoms with Crippen molar-refractivity contribution in [2.75, 3.05) is 4.72 Å². The van der Waals surface area contributed by atoms with Gasteiger partial charge in [0.2, 0.25) is 5.91 Å². The van der Waals surface area contributed by atoms with Crippen LogP contribution in [0.1, 0.15) is 13.8 Å².